The van der Waals surface area contributed by atoms with Gasteiger partial charge in [-0.3, -0.25) is 0 Å². The van der Waals surface area contributed by atoms with E-state index in [0.717, 1.165) is 16.6 Å². The number of halogens is 1. The van der Waals surface area contributed by atoms with Gasteiger partial charge in [-0.15, -0.1) is 11.3 Å². The summed E-state index contributed by atoms with van der Waals surface area (Å²) < 4.78 is 1.04. The van der Waals surface area contributed by atoms with Crippen LogP contribution >= 0.6 is 27.3 Å². The first kappa shape index (κ1) is 13.7. The summed E-state index contributed by atoms with van der Waals surface area (Å²) in [4.78, 5) is 1.27. The molecule has 0 fully saturated rings. The van der Waals surface area contributed by atoms with Gasteiger partial charge in [-0.2, -0.15) is 0 Å². The van der Waals surface area contributed by atoms with E-state index in [2.05, 4.69) is 57.8 Å². The van der Waals surface area contributed by atoms with Crippen molar-refractivity contribution in [2.24, 2.45) is 0 Å². The Labute approximate surface area is 120 Å². The van der Waals surface area contributed by atoms with Crippen molar-refractivity contribution in [3.63, 3.8) is 0 Å². The van der Waals surface area contributed by atoms with Crippen LogP contribution in [-0.4, -0.2) is 11.7 Å². The van der Waals surface area contributed by atoms with Crippen LogP contribution in [0.15, 0.2) is 40.2 Å². The highest BCUT2D eigenvalue weighted by atomic mass is 79.9. The van der Waals surface area contributed by atoms with E-state index < -0.39 is 0 Å². The van der Waals surface area contributed by atoms with Gasteiger partial charge in [-0.1, -0.05) is 34.1 Å². The van der Waals surface area contributed by atoms with Gasteiger partial charge in [0, 0.05) is 15.9 Å². The van der Waals surface area contributed by atoms with Crippen molar-refractivity contribution in [2.45, 2.75) is 19.5 Å². The molecule has 96 valence electrons. The van der Waals surface area contributed by atoms with E-state index in [9.17, 15) is 5.11 Å². The van der Waals surface area contributed by atoms with E-state index in [4.69, 9.17) is 0 Å². The third-order valence-electron chi connectivity index (χ3n) is 2.82. The van der Waals surface area contributed by atoms with Crippen LogP contribution in [0.2, 0.25) is 0 Å². The first-order chi connectivity index (χ1) is 8.70. The predicted molar refractivity (Wildman–Crippen MR) is 79.9 cm³/mol. The molecule has 4 heteroatoms. The summed E-state index contributed by atoms with van der Waals surface area (Å²) >= 11 is 5.28. The molecule has 1 heterocycles. The summed E-state index contributed by atoms with van der Waals surface area (Å²) in [6.45, 7) is 2.93. The second-order valence-electron chi connectivity index (χ2n) is 4.22. The molecule has 0 radical (unpaired) electrons. The summed E-state index contributed by atoms with van der Waals surface area (Å²) in [5, 5.41) is 15.0. The number of rotatable bonds is 5. The molecule has 0 aliphatic rings. The summed E-state index contributed by atoms with van der Waals surface area (Å²) in [6, 6.07) is 10.3. The minimum Gasteiger partial charge on any atom is -0.394 e. The number of nitrogens with one attached hydrogen (secondary N) is 1. The first-order valence-corrected chi connectivity index (χ1v) is 7.50. The predicted octanol–water partition coefficient (Wildman–Crippen LogP) is 3.64. The van der Waals surface area contributed by atoms with Crippen LogP contribution in [0.5, 0.6) is 0 Å². The lowest BCUT2D eigenvalue weighted by Gasteiger charge is -2.18. The Balaban J connectivity index is 2.08. The lowest BCUT2D eigenvalue weighted by Crippen LogP contribution is -2.24. The molecule has 2 aromatic rings. The van der Waals surface area contributed by atoms with Gasteiger partial charge in [0.05, 0.1) is 12.6 Å². The maximum absolute atomic E-state index is 9.52. The third kappa shape index (κ3) is 3.42. The average Bonchev–Trinajstić information content (AvgIpc) is 2.85. The smallest absolute Gasteiger partial charge is 0.0627 e. The number of aliphatic hydroxyl groups is 1. The molecule has 0 saturated carbocycles. The first-order valence-electron chi connectivity index (χ1n) is 5.83. The topological polar surface area (TPSA) is 32.3 Å². The largest absolute Gasteiger partial charge is 0.394 e. The number of aryl methyl sites for hydroxylation is 1. The van der Waals surface area contributed by atoms with Gasteiger partial charge in [0.15, 0.2) is 0 Å². The molecule has 2 nitrogen and oxygen atoms in total. The highest BCUT2D eigenvalue weighted by molar-refractivity contribution is 9.10. The molecule has 1 unspecified atom stereocenters. The standard InChI is InChI=1S/C14H16BrNOS/c1-10-4-5-12(13(15)7-10)14(9-17)16-8-11-3-2-6-18-11/h2-7,14,16-17H,8-9H2,1H3. The van der Waals surface area contributed by atoms with Gasteiger partial charge in [0.25, 0.3) is 0 Å². The Hall–Kier alpha value is -0.680. The molecule has 1 atom stereocenters. The Morgan fingerprint density at radius 1 is 1.39 bits per heavy atom. The van der Waals surface area contributed by atoms with Crippen LogP contribution in [0.25, 0.3) is 0 Å². The van der Waals surface area contributed by atoms with Gasteiger partial charge in [-0.05, 0) is 35.6 Å². The maximum atomic E-state index is 9.52. The molecule has 0 aliphatic carbocycles. The van der Waals surface area contributed by atoms with Crippen molar-refractivity contribution in [1.82, 2.24) is 5.32 Å². The van der Waals surface area contributed by atoms with Crippen molar-refractivity contribution in [2.75, 3.05) is 6.61 Å². The highest BCUT2D eigenvalue weighted by Gasteiger charge is 2.13. The van der Waals surface area contributed by atoms with Crippen molar-refractivity contribution >= 4 is 27.3 Å². The molecule has 0 saturated heterocycles. The zero-order valence-electron chi connectivity index (χ0n) is 10.2. The van der Waals surface area contributed by atoms with Gasteiger partial charge in [0.1, 0.15) is 0 Å². The summed E-state index contributed by atoms with van der Waals surface area (Å²) in [5.74, 6) is 0. The Bertz CT molecular complexity index is 499. The molecule has 1 aromatic heterocycles. The maximum Gasteiger partial charge on any atom is 0.0627 e. The lowest BCUT2D eigenvalue weighted by atomic mass is 10.1. The second-order valence-corrected chi connectivity index (χ2v) is 6.11. The molecule has 2 N–H and O–H groups in total. The Morgan fingerprint density at radius 2 is 2.22 bits per heavy atom. The fraction of sp³-hybridized carbons (Fsp3) is 0.286. The fourth-order valence-corrected chi connectivity index (χ4v) is 3.25. The third-order valence-corrected chi connectivity index (χ3v) is 4.38. The number of aliphatic hydroxyl groups excluding tert-OH is 1. The van der Waals surface area contributed by atoms with E-state index in [-0.39, 0.29) is 12.6 Å². The van der Waals surface area contributed by atoms with Gasteiger partial charge >= 0.3 is 0 Å². The number of thiophene rings is 1. The summed E-state index contributed by atoms with van der Waals surface area (Å²) in [6.07, 6.45) is 0. The molecule has 0 bridgehead atoms. The fourth-order valence-electron chi connectivity index (χ4n) is 1.82. The molecular weight excluding hydrogens is 310 g/mol. The van der Waals surface area contributed by atoms with Crippen molar-refractivity contribution in [3.05, 3.63) is 56.2 Å². The number of benzene rings is 1. The minimum absolute atomic E-state index is 0.0397. The van der Waals surface area contributed by atoms with Crippen LogP contribution in [-0.2, 0) is 6.54 Å². The van der Waals surface area contributed by atoms with Gasteiger partial charge in [-0.25, -0.2) is 0 Å². The molecule has 0 amide bonds. The monoisotopic (exact) mass is 325 g/mol. The van der Waals surface area contributed by atoms with Gasteiger partial charge in [0.2, 0.25) is 0 Å². The van der Waals surface area contributed by atoms with Crippen LogP contribution in [0.3, 0.4) is 0 Å². The zero-order valence-corrected chi connectivity index (χ0v) is 12.6. The van der Waals surface area contributed by atoms with Crippen LogP contribution in [0.1, 0.15) is 22.0 Å². The lowest BCUT2D eigenvalue weighted by molar-refractivity contribution is 0.243. The molecular formula is C14H16BrNOS. The van der Waals surface area contributed by atoms with E-state index in [1.807, 2.05) is 6.07 Å². The normalized spacial score (nSPS) is 12.6. The molecule has 2 rings (SSSR count). The minimum atomic E-state index is -0.0397. The molecule has 1 aromatic carbocycles. The SMILES string of the molecule is Cc1ccc(C(CO)NCc2cccs2)c(Br)c1. The zero-order chi connectivity index (χ0) is 13.0. The summed E-state index contributed by atoms with van der Waals surface area (Å²) in [7, 11) is 0. The van der Waals surface area contributed by atoms with Gasteiger partial charge < -0.3 is 10.4 Å². The van der Waals surface area contributed by atoms with Crippen molar-refractivity contribution < 1.29 is 5.11 Å². The van der Waals surface area contributed by atoms with E-state index in [0.29, 0.717) is 0 Å². The molecule has 0 spiro atoms. The quantitative estimate of drug-likeness (QED) is 0.879. The Kier molecular flexibility index (Phi) is 4.95. The van der Waals surface area contributed by atoms with E-state index in [1.54, 1.807) is 11.3 Å². The Morgan fingerprint density at radius 3 is 2.83 bits per heavy atom. The second kappa shape index (κ2) is 6.48. The van der Waals surface area contributed by atoms with E-state index in [1.165, 1.54) is 10.4 Å². The van der Waals surface area contributed by atoms with Crippen LogP contribution in [0.4, 0.5) is 0 Å². The average molecular weight is 326 g/mol. The molecule has 18 heavy (non-hydrogen) atoms. The number of hydrogen-bond donors (Lipinski definition) is 2. The van der Waals surface area contributed by atoms with Crippen LogP contribution in [0, 0.1) is 6.92 Å². The van der Waals surface area contributed by atoms with E-state index >= 15 is 0 Å². The summed E-state index contributed by atoms with van der Waals surface area (Å²) in [5.41, 5.74) is 2.31. The van der Waals surface area contributed by atoms with Crippen LogP contribution < -0.4 is 5.32 Å². The van der Waals surface area contributed by atoms with Crippen molar-refractivity contribution in [3.8, 4) is 0 Å². The molecule has 0 aliphatic heterocycles. The highest BCUT2D eigenvalue weighted by Crippen LogP contribution is 2.25. The number of hydrogen-bond acceptors (Lipinski definition) is 3. The van der Waals surface area contributed by atoms with Crippen molar-refractivity contribution in [1.29, 1.82) is 0 Å².